The van der Waals surface area contributed by atoms with Gasteiger partial charge < -0.3 is 9.88 Å². The monoisotopic (exact) mass is 312 g/mol. The minimum Gasteiger partial charge on any atom is -0.335 e. The molecule has 0 radical (unpaired) electrons. The van der Waals surface area contributed by atoms with Gasteiger partial charge >= 0.3 is 0 Å². The van der Waals surface area contributed by atoms with Gasteiger partial charge in [0, 0.05) is 19.3 Å². The van der Waals surface area contributed by atoms with Gasteiger partial charge in [-0.05, 0) is 30.4 Å². The third-order valence-corrected chi connectivity index (χ3v) is 4.02. The molecule has 4 nitrogen and oxygen atoms in total. The number of nitrogens with one attached hydrogen (secondary N) is 1. The summed E-state index contributed by atoms with van der Waals surface area (Å²) < 4.78 is 0. The van der Waals surface area contributed by atoms with Crippen molar-refractivity contribution in [3.8, 4) is 0 Å². The van der Waals surface area contributed by atoms with E-state index in [0.29, 0.717) is 11.5 Å². The van der Waals surface area contributed by atoms with Crippen LogP contribution in [-0.2, 0) is 0 Å². The van der Waals surface area contributed by atoms with Gasteiger partial charge in [-0.1, -0.05) is 44.2 Å². The van der Waals surface area contributed by atoms with Crippen LogP contribution in [0.3, 0.4) is 0 Å². The lowest BCUT2D eigenvalue weighted by Crippen LogP contribution is -2.32. The number of rotatable bonds is 6. The van der Waals surface area contributed by atoms with Crippen LogP contribution in [0.5, 0.6) is 0 Å². The Balaban J connectivity index is 2.24. The van der Waals surface area contributed by atoms with Gasteiger partial charge in [0.2, 0.25) is 5.56 Å². The second kappa shape index (κ2) is 7.77. The highest BCUT2D eigenvalue weighted by Gasteiger charge is 2.22. The molecule has 1 heterocycles. The van der Waals surface area contributed by atoms with Gasteiger partial charge in [0.15, 0.2) is 0 Å². The van der Waals surface area contributed by atoms with Gasteiger partial charge in [0.25, 0.3) is 5.91 Å². The van der Waals surface area contributed by atoms with Crippen molar-refractivity contribution >= 4 is 5.91 Å². The lowest BCUT2D eigenvalue weighted by molar-refractivity contribution is 0.0717. The second-order valence-corrected chi connectivity index (χ2v) is 6.26. The minimum absolute atomic E-state index is 0.0260. The molecule has 0 bridgehead atoms. The fourth-order valence-corrected chi connectivity index (χ4v) is 2.64. The number of amides is 1. The van der Waals surface area contributed by atoms with Gasteiger partial charge in [0.05, 0.1) is 11.6 Å². The van der Waals surface area contributed by atoms with E-state index in [1.165, 1.54) is 12.3 Å². The Hall–Kier alpha value is -2.36. The average Bonchev–Trinajstić information content (AvgIpc) is 2.55. The zero-order valence-electron chi connectivity index (χ0n) is 14.0. The predicted octanol–water partition coefficient (Wildman–Crippen LogP) is 3.62. The molecule has 0 saturated carbocycles. The quantitative estimate of drug-likeness (QED) is 0.885. The van der Waals surface area contributed by atoms with Crippen molar-refractivity contribution in [3.05, 3.63) is 70.1 Å². The number of nitrogens with zero attached hydrogens (tertiary/aromatic N) is 1. The summed E-state index contributed by atoms with van der Waals surface area (Å²) in [5, 5.41) is 0. The molecule has 4 heteroatoms. The summed E-state index contributed by atoms with van der Waals surface area (Å²) in [4.78, 5) is 28.2. The van der Waals surface area contributed by atoms with E-state index in [2.05, 4.69) is 31.0 Å². The summed E-state index contributed by atoms with van der Waals surface area (Å²) in [6.45, 7) is 4.37. The van der Waals surface area contributed by atoms with E-state index in [0.717, 1.165) is 18.4 Å². The van der Waals surface area contributed by atoms with Crippen molar-refractivity contribution in [2.24, 2.45) is 5.92 Å². The number of H-pyrrole nitrogens is 1. The van der Waals surface area contributed by atoms with Crippen LogP contribution >= 0.6 is 0 Å². The maximum absolute atomic E-state index is 12.7. The Morgan fingerprint density at radius 3 is 2.35 bits per heavy atom. The van der Waals surface area contributed by atoms with Gasteiger partial charge in [-0.3, -0.25) is 9.59 Å². The molecule has 0 saturated heterocycles. The van der Waals surface area contributed by atoms with Gasteiger partial charge in [0.1, 0.15) is 0 Å². The zero-order chi connectivity index (χ0) is 16.8. The molecule has 1 amide bonds. The average molecular weight is 312 g/mol. The molecule has 2 rings (SSSR count). The number of hydrogen-bond donors (Lipinski definition) is 1. The molecule has 2 aromatic rings. The Kier molecular flexibility index (Phi) is 5.74. The molecule has 1 aromatic carbocycles. The molecule has 23 heavy (non-hydrogen) atoms. The van der Waals surface area contributed by atoms with Gasteiger partial charge in [-0.25, -0.2) is 0 Å². The number of aromatic nitrogens is 1. The SMILES string of the molecule is CC(C)CCC(c1ccccc1)N(C)C(=O)c1ccc(=O)[nH]c1. The molecule has 1 unspecified atom stereocenters. The van der Waals surface area contributed by atoms with Crippen molar-refractivity contribution in [1.82, 2.24) is 9.88 Å². The van der Waals surface area contributed by atoms with Crippen LogP contribution in [0.2, 0.25) is 0 Å². The van der Waals surface area contributed by atoms with E-state index in [9.17, 15) is 9.59 Å². The molecule has 1 N–H and O–H groups in total. The highest BCUT2D eigenvalue weighted by Crippen LogP contribution is 2.27. The van der Waals surface area contributed by atoms with Crippen LogP contribution in [0.25, 0.3) is 0 Å². The van der Waals surface area contributed by atoms with E-state index in [4.69, 9.17) is 0 Å². The highest BCUT2D eigenvalue weighted by atomic mass is 16.2. The molecule has 0 spiro atoms. The third-order valence-electron chi connectivity index (χ3n) is 4.02. The maximum Gasteiger partial charge on any atom is 0.255 e. The van der Waals surface area contributed by atoms with Crippen LogP contribution in [0.15, 0.2) is 53.5 Å². The first-order chi connectivity index (χ1) is 11.0. The Morgan fingerprint density at radius 1 is 1.09 bits per heavy atom. The standard InChI is InChI=1S/C19H24N2O2/c1-14(2)9-11-17(15-7-5-4-6-8-15)21(3)19(23)16-10-12-18(22)20-13-16/h4-8,10,12-14,17H,9,11H2,1-3H3,(H,20,22). The van der Waals surface area contributed by atoms with E-state index < -0.39 is 0 Å². The molecule has 0 aliphatic heterocycles. The molecule has 122 valence electrons. The largest absolute Gasteiger partial charge is 0.335 e. The third kappa shape index (κ3) is 4.55. The number of carbonyl (C=O) groups excluding carboxylic acids is 1. The van der Waals surface area contributed by atoms with Crippen molar-refractivity contribution in [1.29, 1.82) is 0 Å². The van der Waals surface area contributed by atoms with Crippen molar-refractivity contribution in [2.75, 3.05) is 7.05 Å². The molecule has 0 fully saturated rings. The lowest BCUT2D eigenvalue weighted by Gasteiger charge is -2.29. The smallest absolute Gasteiger partial charge is 0.255 e. The molecule has 0 aliphatic carbocycles. The van der Waals surface area contributed by atoms with E-state index >= 15 is 0 Å². The van der Waals surface area contributed by atoms with E-state index in [1.54, 1.807) is 11.0 Å². The number of aromatic amines is 1. The van der Waals surface area contributed by atoms with Crippen molar-refractivity contribution in [2.45, 2.75) is 32.7 Å². The fourth-order valence-electron chi connectivity index (χ4n) is 2.64. The highest BCUT2D eigenvalue weighted by molar-refractivity contribution is 5.93. The van der Waals surface area contributed by atoms with Crippen LogP contribution in [0.1, 0.15) is 48.7 Å². The molecule has 1 aromatic heterocycles. The summed E-state index contributed by atoms with van der Waals surface area (Å²) in [5.74, 6) is 0.497. The zero-order valence-corrected chi connectivity index (χ0v) is 14.0. The number of hydrogen-bond acceptors (Lipinski definition) is 2. The molecule has 0 aliphatic rings. The predicted molar refractivity (Wildman–Crippen MR) is 92.4 cm³/mol. The normalized spacial score (nSPS) is 12.2. The first-order valence-electron chi connectivity index (χ1n) is 8.00. The summed E-state index contributed by atoms with van der Waals surface area (Å²) in [5.41, 5.74) is 1.43. The topological polar surface area (TPSA) is 53.2 Å². The van der Waals surface area contributed by atoms with Crippen molar-refractivity contribution < 1.29 is 4.79 Å². The molecule has 1 atom stereocenters. The number of pyridine rings is 1. The van der Waals surface area contributed by atoms with Crippen LogP contribution in [-0.4, -0.2) is 22.8 Å². The van der Waals surface area contributed by atoms with Gasteiger partial charge in [-0.15, -0.1) is 0 Å². The van der Waals surface area contributed by atoms with Crippen LogP contribution in [0.4, 0.5) is 0 Å². The van der Waals surface area contributed by atoms with Crippen LogP contribution < -0.4 is 5.56 Å². The van der Waals surface area contributed by atoms with Crippen molar-refractivity contribution in [3.63, 3.8) is 0 Å². The number of carbonyl (C=O) groups is 1. The lowest BCUT2D eigenvalue weighted by atomic mass is 9.96. The summed E-state index contributed by atoms with van der Waals surface area (Å²) in [6.07, 6.45) is 3.43. The maximum atomic E-state index is 12.7. The Morgan fingerprint density at radius 2 is 1.78 bits per heavy atom. The Labute approximate surface area is 137 Å². The number of benzene rings is 1. The first-order valence-corrected chi connectivity index (χ1v) is 8.00. The summed E-state index contributed by atoms with van der Waals surface area (Å²) in [6, 6.07) is 13.1. The second-order valence-electron chi connectivity index (χ2n) is 6.26. The minimum atomic E-state index is -0.205. The van der Waals surface area contributed by atoms with E-state index in [-0.39, 0.29) is 17.5 Å². The van der Waals surface area contributed by atoms with Crippen LogP contribution in [0, 0.1) is 5.92 Å². The fraction of sp³-hybridized carbons (Fsp3) is 0.368. The Bertz CT molecular complexity index is 672. The first kappa shape index (κ1) is 17.0. The van der Waals surface area contributed by atoms with E-state index in [1.807, 2.05) is 25.2 Å². The summed E-state index contributed by atoms with van der Waals surface area (Å²) >= 11 is 0. The molecular formula is C19H24N2O2. The molecular weight excluding hydrogens is 288 g/mol. The summed E-state index contributed by atoms with van der Waals surface area (Å²) in [7, 11) is 1.82. The van der Waals surface area contributed by atoms with Gasteiger partial charge in [-0.2, -0.15) is 0 Å².